The summed E-state index contributed by atoms with van der Waals surface area (Å²) in [6.07, 6.45) is 1.50. The van der Waals surface area contributed by atoms with Gasteiger partial charge in [-0.15, -0.1) is 0 Å². The lowest BCUT2D eigenvalue weighted by Gasteiger charge is -2.17. The fourth-order valence-corrected chi connectivity index (χ4v) is 1.48. The van der Waals surface area contributed by atoms with E-state index in [0.717, 1.165) is 0 Å². The first-order valence-electron chi connectivity index (χ1n) is 5.30. The predicted molar refractivity (Wildman–Crippen MR) is 65.8 cm³/mol. The van der Waals surface area contributed by atoms with Gasteiger partial charge in [0, 0.05) is 19.3 Å². The van der Waals surface area contributed by atoms with E-state index in [2.05, 4.69) is 10.3 Å². The van der Waals surface area contributed by atoms with E-state index in [0.29, 0.717) is 18.8 Å². The van der Waals surface area contributed by atoms with Crippen molar-refractivity contribution in [2.24, 2.45) is 0 Å². The van der Waals surface area contributed by atoms with E-state index in [1.807, 2.05) is 13.8 Å². The second-order valence-electron chi connectivity index (χ2n) is 3.27. The zero-order chi connectivity index (χ0) is 12.8. The number of hydrogen-bond donors (Lipinski definition) is 1. The molecule has 0 aromatic carbocycles. The summed E-state index contributed by atoms with van der Waals surface area (Å²) in [6, 6.07) is 3.21. The van der Waals surface area contributed by atoms with Gasteiger partial charge in [0.1, 0.15) is 0 Å². The molecule has 0 saturated carbocycles. The summed E-state index contributed by atoms with van der Waals surface area (Å²) in [5.41, 5.74) is 0.333. The number of amides is 2. The van der Waals surface area contributed by atoms with Crippen molar-refractivity contribution in [3.8, 4) is 0 Å². The maximum atomic E-state index is 11.7. The number of aromatic nitrogens is 1. The first kappa shape index (κ1) is 13.4. The minimum atomic E-state index is -0.705. The molecule has 6 heteroatoms. The fourth-order valence-electron chi connectivity index (χ4n) is 1.31. The van der Waals surface area contributed by atoms with Gasteiger partial charge >= 0.3 is 11.8 Å². The van der Waals surface area contributed by atoms with Crippen molar-refractivity contribution < 1.29 is 9.59 Å². The Morgan fingerprint density at radius 3 is 2.59 bits per heavy atom. The van der Waals surface area contributed by atoms with Crippen LogP contribution in [0, 0.1) is 0 Å². The molecule has 0 aliphatic heterocycles. The number of halogens is 1. The standard InChI is InChI=1S/C11H14ClN3O2/c1-3-15(4-2)11(17)10(16)14-8-6-5-7-13-9(8)12/h5-7H,3-4H2,1-2H3,(H,14,16). The number of anilines is 1. The fraction of sp³-hybridized carbons (Fsp3) is 0.364. The highest BCUT2D eigenvalue weighted by atomic mass is 35.5. The van der Waals surface area contributed by atoms with E-state index in [-0.39, 0.29) is 5.15 Å². The van der Waals surface area contributed by atoms with Crippen molar-refractivity contribution in [3.63, 3.8) is 0 Å². The molecule has 5 nitrogen and oxygen atoms in total. The van der Waals surface area contributed by atoms with Crippen LogP contribution in [-0.4, -0.2) is 34.8 Å². The van der Waals surface area contributed by atoms with Crippen LogP contribution in [0.25, 0.3) is 0 Å². The number of carbonyl (C=O) groups excluding carboxylic acids is 2. The highest BCUT2D eigenvalue weighted by molar-refractivity contribution is 6.41. The molecule has 0 fully saturated rings. The summed E-state index contributed by atoms with van der Waals surface area (Å²) in [5, 5.41) is 2.59. The smallest absolute Gasteiger partial charge is 0.313 e. The van der Waals surface area contributed by atoms with Crippen molar-refractivity contribution in [3.05, 3.63) is 23.5 Å². The minimum Gasteiger partial charge on any atom is -0.335 e. The average molecular weight is 256 g/mol. The van der Waals surface area contributed by atoms with Gasteiger partial charge in [-0.1, -0.05) is 11.6 Å². The quantitative estimate of drug-likeness (QED) is 0.658. The van der Waals surface area contributed by atoms with Gasteiger partial charge in [0.15, 0.2) is 5.15 Å². The zero-order valence-electron chi connectivity index (χ0n) is 9.74. The zero-order valence-corrected chi connectivity index (χ0v) is 10.5. The normalized spacial score (nSPS) is 9.82. The Morgan fingerprint density at radius 2 is 2.06 bits per heavy atom. The van der Waals surface area contributed by atoms with Crippen LogP contribution in [0.4, 0.5) is 5.69 Å². The number of pyridine rings is 1. The topological polar surface area (TPSA) is 62.3 Å². The lowest BCUT2D eigenvalue weighted by Crippen LogP contribution is -2.39. The third kappa shape index (κ3) is 3.42. The number of nitrogens with one attached hydrogen (secondary N) is 1. The molecule has 0 atom stereocenters. The summed E-state index contributed by atoms with van der Waals surface area (Å²) >= 11 is 5.77. The van der Waals surface area contributed by atoms with E-state index in [1.54, 1.807) is 12.1 Å². The lowest BCUT2D eigenvalue weighted by molar-refractivity contribution is -0.142. The summed E-state index contributed by atoms with van der Waals surface area (Å²) in [4.78, 5) is 28.5. The molecule has 1 N–H and O–H groups in total. The largest absolute Gasteiger partial charge is 0.335 e. The molecule has 1 rings (SSSR count). The average Bonchev–Trinajstić information content (AvgIpc) is 2.33. The van der Waals surface area contributed by atoms with E-state index < -0.39 is 11.8 Å². The molecule has 0 bridgehead atoms. The Labute approximate surface area is 105 Å². The maximum Gasteiger partial charge on any atom is 0.313 e. The third-order valence-electron chi connectivity index (χ3n) is 2.25. The van der Waals surface area contributed by atoms with Crippen molar-refractivity contribution in [1.82, 2.24) is 9.88 Å². The SMILES string of the molecule is CCN(CC)C(=O)C(=O)Nc1cccnc1Cl. The number of rotatable bonds is 3. The lowest BCUT2D eigenvalue weighted by atomic mass is 10.4. The maximum absolute atomic E-state index is 11.7. The molecule has 0 spiro atoms. The molecule has 2 amide bonds. The number of nitrogens with zero attached hydrogens (tertiary/aromatic N) is 2. The van der Waals surface area contributed by atoms with Crippen molar-refractivity contribution >= 4 is 29.1 Å². The Hall–Kier alpha value is -1.62. The molecule has 17 heavy (non-hydrogen) atoms. The Kier molecular flexibility index (Phi) is 4.90. The van der Waals surface area contributed by atoms with Crippen LogP contribution in [0.15, 0.2) is 18.3 Å². The van der Waals surface area contributed by atoms with E-state index in [9.17, 15) is 9.59 Å². The summed E-state index contributed by atoms with van der Waals surface area (Å²) < 4.78 is 0. The molecular formula is C11H14ClN3O2. The molecule has 0 aliphatic carbocycles. The summed E-state index contributed by atoms with van der Waals surface area (Å²) in [6.45, 7) is 4.60. The summed E-state index contributed by atoms with van der Waals surface area (Å²) in [5.74, 6) is -1.28. The van der Waals surface area contributed by atoms with Crippen LogP contribution < -0.4 is 5.32 Å². The van der Waals surface area contributed by atoms with Gasteiger partial charge in [0.05, 0.1) is 5.69 Å². The Balaban J connectivity index is 2.73. The van der Waals surface area contributed by atoms with Crippen LogP contribution in [0.5, 0.6) is 0 Å². The van der Waals surface area contributed by atoms with Crippen LogP contribution in [-0.2, 0) is 9.59 Å². The van der Waals surface area contributed by atoms with Crippen molar-refractivity contribution in [2.75, 3.05) is 18.4 Å². The molecule has 1 aromatic heterocycles. The second-order valence-corrected chi connectivity index (χ2v) is 3.63. The molecule has 0 saturated heterocycles. The van der Waals surface area contributed by atoms with E-state index >= 15 is 0 Å². The first-order valence-corrected chi connectivity index (χ1v) is 5.68. The van der Waals surface area contributed by atoms with Crippen LogP contribution in [0.1, 0.15) is 13.8 Å². The van der Waals surface area contributed by atoms with Gasteiger partial charge in [0.2, 0.25) is 0 Å². The van der Waals surface area contributed by atoms with Gasteiger partial charge in [-0.3, -0.25) is 9.59 Å². The van der Waals surface area contributed by atoms with Gasteiger partial charge in [-0.05, 0) is 26.0 Å². The van der Waals surface area contributed by atoms with Gasteiger partial charge in [-0.25, -0.2) is 4.98 Å². The molecule has 0 unspecified atom stereocenters. The van der Waals surface area contributed by atoms with E-state index in [4.69, 9.17) is 11.6 Å². The number of likely N-dealkylation sites (N-methyl/N-ethyl adjacent to an activating group) is 1. The van der Waals surface area contributed by atoms with Crippen molar-refractivity contribution in [2.45, 2.75) is 13.8 Å². The van der Waals surface area contributed by atoms with E-state index in [1.165, 1.54) is 11.1 Å². The van der Waals surface area contributed by atoms with Crippen LogP contribution in [0.3, 0.4) is 0 Å². The number of hydrogen-bond acceptors (Lipinski definition) is 3. The van der Waals surface area contributed by atoms with Gasteiger partial charge < -0.3 is 10.2 Å². The predicted octanol–water partition coefficient (Wildman–Crippen LogP) is 1.54. The minimum absolute atomic E-state index is 0.160. The molecule has 92 valence electrons. The summed E-state index contributed by atoms with van der Waals surface area (Å²) in [7, 11) is 0. The molecular weight excluding hydrogens is 242 g/mol. The number of carbonyl (C=O) groups is 2. The van der Waals surface area contributed by atoms with Gasteiger partial charge in [-0.2, -0.15) is 0 Å². The van der Waals surface area contributed by atoms with Gasteiger partial charge in [0.25, 0.3) is 0 Å². The highest BCUT2D eigenvalue weighted by Gasteiger charge is 2.20. The molecule has 0 radical (unpaired) electrons. The first-order chi connectivity index (χ1) is 8.10. The molecule has 1 aromatic rings. The third-order valence-corrected chi connectivity index (χ3v) is 2.55. The Bertz CT molecular complexity index is 419. The molecule has 1 heterocycles. The van der Waals surface area contributed by atoms with Crippen LogP contribution in [0.2, 0.25) is 5.15 Å². The van der Waals surface area contributed by atoms with Crippen molar-refractivity contribution in [1.29, 1.82) is 0 Å². The highest BCUT2D eigenvalue weighted by Crippen LogP contribution is 2.17. The molecule has 0 aliphatic rings. The Morgan fingerprint density at radius 1 is 1.41 bits per heavy atom. The van der Waals surface area contributed by atoms with Crippen LogP contribution >= 0.6 is 11.6 Å². The monoisotopic (exact) mass is 255 g/mol. The second kappa shape index (κ2) is 6.20.